The quantitative estimate of drug-likeness (QED) is 0.877. The second-order valence-electron chi connectivity index (χ2n) is 3.43. The lowest BCUT2D eigenvalue weighted by Crippen LogP contribution is -2.13. The number of carbonyl (C=O) groups is 1. The summed E-state index contributed by atoms with van der Waals surface area (Å²) in [6.45, 7) is 1.86. The van der Waals surface area contributed by atoms with Crippen LogP contribution in [0.15, 0.2) is 28.6 Å². The van der Waals surface area contributed by atoms with E-state index in [0.717, 1.165) is 9.35 Å². The highest BCUT2D eigenvalue weighted by molar-refractivity contribution is 8.01. The fourth-order valence-electron chi connectivity index (χ4n) is 1.23. The van der Waals surface area contributed by atoms with Crippen molar-refractivity contribution in [1.82, 2.24) is 10.2 Å². The number of hydrogen-bond acceptors (Lipinski definition) is 5. The largest absolute Gasteiger partial charge is 0.325 e. The summed E-state index contributed by atoms with van der Waals surface area (Å²) in [5, 5.41) is 11.2. The molecule has 7 heteroatoms. The molecule has 94 valence electrons. The van der Waals surface area contributed by atoms with E-state index in [-0.39, 0.29) is 17.5 Å². The molecule has 0 bridgehead atoms. The summed E-state index contributed by atoms with van der Waals surface area (Å²) in [5.74, 6) is -0.343. The Kier molecular flexibility index (Phi) is 4.27. The topological polar surface area (TPSA) is 54.9 Å². The molecule has 2 aromatic rings. The minimum absolute atomic E-state index is 0.196. The van der Waals surface area contributed by atoms with Gasteiger partial charge in [-0.2, -0.15) is 0 Å². The zero-order valence-corrected chi connectivity index (χ0v) is 11.1. The van der Waals surface area contributed by atoms with Crippen LogP contribution in [0.4, 0.5) is 10.1 Å². The normalized spacial score (nSPS) is 10.3. The van der Waals surface area contributed by atoms with E-state index in [0.29, 0.717) is 5.69 Å². The summed E-state index contributed by atoms with van der Waals surface area (Å²) in [4.78, 5) is 11.6. The van der Waals surface area contributed by atoms with Gasteiger partial charge < -0.3 is 5.32 Å². The van der Waals surface area contributed by atoms with Gasteiger partial charge in [0.25, 0.3) is 0 Å². The Morgan fingerprint density at radius 2 is 2.33 bits per heavy atom. The molecule has 18 heavy (non-hydrogen) atoms. The first-order chi connectivity index (χ1) is 8.63. The Hall–Kier alpha value is -1.47. The molecule has 1 aromatic heterocycles. The third-order valence-electron chi connectivity index (χ3n) is 1.94. The average molecular weight is 283 g/mol. The van der Waals surface area contributed by atoms with Gasteiger partial charge in [0, 0.05) is 5.69 Å². The summed E-state index contributed by atoms with van der Waals surface area (Å²) in [6, 6.07) is 5.79. The molecule has 1 aromatic carbocycles. The Morgan fingerprint density at radius 3 is 3.00 bits per heavy atom. The molecule has 0 spiro atoms. The number of hydrogen-bond donors (Lipinski definition) is 1. The molecule has 4 nitrogen and oxygen atoms in total. The molecule has 1 N–H and O–H groups in total. The lowest BCUT2D eigenvalue weighted by Gasteiger charge is -2.03. The molecule has 0 radical (unpaired) electrons. The first-order valence-corrected chi connectivity index (χ1v) is 6.92. The van der Waals surface area contributed by atoms with Crippen LogP contribution in [-0.4, -0.2) is 21.9 Å². The monoisotopic (exact) mass is 283 g/mol. The summed E-state index contributed by atoms with van der Waals surface area (Å²) in [7, 11) is 0. The van der Waals surface area contributed by atoms with Crippen molar-refractivity contribution in [3.8, 4) is 0 Å². The molecule has 2 rings (SSSR count). The fourth-order valence-corrected chi connectivity index (χ4v) is 2.84. The molecule has 1 amide bonds. The molecular formula is C11H10FN3OS2. The number of thioether (sulfide) groups is 1. The first-order valence-electron chi connectivity index (χ1n) is 5.12. The van der Waals surface area contributed by atoms with E-state index in [2.05, 4.69) is 15.5 Å². The van der Waals surface area contributed by atoms with Crippen LogP contribution in [-0.2, 0) is 4.79 Å². The predicted octanol–water partition coefficient (Wildman–Crippen LogP) is 2.72. The number of amides is 1. The van der Waals surface area contributed by atoms with Crippen LogP contribution >= 0.6 is 23.1 Å². The van der Waals surface area contributed by atoms with E-state index >= 15 is 0 Å². The zero-order valence-electron chi connectivity index (χ0n) is 9.51. The second kappa shape index (κ2) is 5.92. The highest BCUT2D eigenvalue weighted by Crippen LogP contribution is 2.21. The van der Waals surface area contributed by atoms with Crippen LogP contribution in [0.2, 0.25) is 0 Å². The Morgan fingerprint density at radius 1 is 1.50 bits per heavy atom. The van der Waals surface area contributed by atoms with E-state index in [1.807, 2.05) is 6.92 Å². The lowest BCUT2D eigenvalue weighted by atomic mass is 10.3. The maximum atomic E-state index is 12.9. The van der Waals surface area contributed by atoms with E-state index in [4.69, 9.17) is 0 Å². The molecule has 0 aliphatic carbocycles. The fraction of sp³-hybridized carbons (Fsp3) is 0.182. The third kappa shape index (κ3) is 3.78. The average Bonchev–Trinajstić information content (AvgIpc) is 2.73. The zero-order chi connectivity index (χ0) is 13.0. The number of anilines is 1. The Labute approximate surface area is 112 Å². The molecule has 0 fully saturated rings. The number of rotatable bonds is 4. The van der Waals surface area contributed by atoms with Crippen molar-refractivity contribution in [1.29, 1.82) is 0 Å². The van der Waals surface area contributed by atoms with Crippen LogP contribution < -0.4 is 5.32 Å². The van der Waals surface area contributed by atoms with Gasteiger partial charge in [-0.05, 0) is 25.1 Å². The van der Waals surface area contributed by atoms with Crippen LogP contribution in [0.25, 0.3) is 0 Å². The minimum Gasteiger partial charge on any atom is -0.325 e. The number of benzene rings is 1. The summed E-state index contributed by atoms with van der Waals surface area (Å²) in [5.41, 5.74) is 0.453. The maximum Gasteiger partial charge on any atom is 0.234 e. The van der Waals surface area contributed by atoms with Crippen LogP contribution in [0.3, 0.4) is 0 Å². The first kappa shape index (κ1) is 13.0. The van der Waals surface area contributed by atoms with Crippen LogP contribution in [0.5, 0.6) is 0 Å². The van der Waals surface area contributed by atoms with Gasteiger partial charge in [0.2, 0.25) is 5.91 Å². The number of aryl methyl sites for hydroxylation is 1. The number of nitrogens with one attached hydrogen (secondary N) is 1. The number of carbonyl (C=O) groups excluding carboxylic acids is 1. The van der Waals surface area contributed by atoms with Crippen LogP contribution in [0.1, 0.15) is 5.01 Å². The van der Waals surface area contributed by atoms with Gasteiger partial charge in [0.05, 0.1) is 5.75 Å². The predicted molar refractivity (Wildman–Crippen MR) is 70.4 cm³/mol. The van der Waals surface area contributed by atoms with Crippen molar-refractivity contribution >= 4 is 34.7 Å². The second-order valence-corrected chi connectivity index (χ2v) is 5.84. The van der Waals surface area contributed by atoms with Crippen molar-refractivity contribution < 1.29 is 9.18 Å². The Bertz CT molecular complexity index is 559. The number of halogens is 1. The van der Waals surface area contributed by atoms with Gasteiger partial charge in [-0.1, -0.05) is 29.2 Å². The van der Waals surface area contributed by atoms with Crippen LogP contribution in [0, 0.1) is 12.7 Å². The molecule has 1 heterocycles. The van der Waals surface area contributed by atoms with Gasteiger partial charge in [-0.3, -0.25) is 4.79 Å². The molecule has 0 aliphatic rings. The highest BCUT2D eigenvalue weighted by atomic mass is 32.2. The standard InChI is InChI=1S/C11H10FN3OS2/c1-7-14-15-11(18-7)17-6-10(16)13-9-4-2-3-8(12)5-9/h2-5H,6H2,1H3,(H,13,16). The summed E-state index contributed by atoms with van der Waals surface area (Å²) >= 11 is 2.75. The van der Waals surface area contributed by atoms with Crippen molar-refractivity contribution in [2.45, 2.75) is 11.3 Å². The van der Waals surface area contributed by atoms with Crippen molar-refractivity contribution in [2.24, 2.45) is 0 Å². The van der Waals surface area contributed by atoms with Gasteiger partial charge in [0.1, 0.15) is 10.8 Å². The van der Waals surface area contributed by atoms with Gasteiger partial charge >= 0.3 is 0 Å². The molecule has 0 aliphatic heterocycles. The van der Waals surface area contributed by atoms with Gasteiger partial charge in [0.15, 0.2) is 4.34 Å². The van der Waals surface area contributed by atoms with Gasteiger partial charge in [-0.25, -0.2) is 4.39 Å². The highest BCUT2D eigenvalue weighted by Gasteiger charge is 2.07. The van der Waals surface area contributed by atoms with E-state index in [9.17, 15) is 9.18 Å². The molecule has 0 unspecified atom stereocenters. The number of nitrogens with zero attached hydrogens (tertiary/aromatic N) is 2. The summed E-state index contributed by atoms with van der Waals surface area (Å²) in [6.07, 6.45) is 0. The van der Waals surface area contributed by atoms with Crippen molar-refractivity contribution in [2.75, 3.05) is 11.1 Å². The molecule has 0 saturated heterocycles. The van der Waals surface area contributed by atoms with Crippen molar-refractivity contribution in [3.63, 3.8) is 0 Å². The van der Waals surface area contributed by atoms with Gasteiger partial charge in [-0.15, -0.1) is 10.2 Å². The summed E-state index contributed by atoms with van der Waals surface area (Å²) < 4.78 is 13.6. The molecular weight excluding hydrogens is 273 g/mol. The lowest BCUT2D eigenvalue weighted by molar-refractivity contribution is -0.113. The third-order valence-corrected chi connectivity index (χ3v) is 3.91. The maximum absolute atomic E-state index is 12.9. The van der Waals surface area contributed by atoms with Crippen molar-refractivity contribution in [3.05, 3.63) is 35.1 Å². The SMILES string of the molecule is Cc1nnc(SCC(=O)Nc2cccc(F)c2)s1. The van der Waals surface area contributed by atoms with E-state index in [1.54, 1.807) is 12.1 Å². The van der Waals surface area contributed by atoms with E-state index in [1.165, 1.54) is 35.2 Å². The minimum atomic E-state index is -0.375. The number of aromatic nitrogens is 2. The van der Waals surface area contributed by atoms with E-state index < -0.39 is 0 Å². The smallest absolute Gasteiger partial charge is 0.234 e. The molecule has 0 atom stereocenters. The molecule has 0 saturated carbocycles. The Balaban J connectivity index is 1.85.